The molecular formula is C57H35N5. The topological polar surface area (TPSA) is 59.4 Å². The molecule has 0 aliphatic rings. The predicted molar refractivity (Wildman–Crippen MR) is 255 cm³/mol. The number of hydrogen-bond donors (Lipinski definition) is 0. The summed E-state index contributed by atoms with van der Waals surface area (Å²) in [7, 11) is 0. The van der Waals surface area contributed by atoms with Gasteiger partial charge in [0.05, 0.1) is 45.1 Å². The summed E-state index contributed by atoms with van der Waals surface area (Å²) in [6.07, 6.45) is 0. The maximum atomic E-state index is 9.44. The lowest BCUT2D eigenvalue weighted by Crippen LogP contribution is -1.97. The summed E-state index contributed by atoms with van der Waals surface area (Å²) >= 11 is 0. The zero-order valence-corrected chi connectivity index (χ0v) is 33.4. The van der Waals surface area contributed by atoms with E-state index in [4.69, 9.17) is 9.97 Å². The molecule has 62 heavy (non-hydrogen) atoms. The van der Waals surface area contributed by atoms with Crippen molar-refractivity contribution < 1.29 is 0 Å². The third-order valence-corrected chi connectivity index (χ3v) is 12.2. The van der Waals surface area contributed by atoms with Gasteiger partial charge in [0.1, 0.15) is 0 Å². The van der Waals surface area contributed by atoms with Crippen LogP contribution in [-0.4, -0.2) is 19.1 Å². The van der Waals surface area contributed by atoms with Gasteiger partial charge in [-0.3, -0.25) is 0 Å². The first kappa shape index (κ1) is 35.4. The minimum atomic E-state index is 0.649. The number of aromatic nitrogens is 4. The van der Waals surface area contributed by atoms with Crippen molar-refractivity contribution in [3.63, 3.8) is 0 Å². The van der Waals surface area contributed by atoms with Gasteiger partial charge in [0, 0.05) is 55.0 Å². The van der Waals surface area contributed by atoms with E-state index in [-0.39, 0.29) is 0 Å². The van der Waals surface area contributed by atoms with Crippen molar-refractivity contribution in [1.82, 2.24) is 19.1 Å². The van der Waals surface area contributed by atoms with Gasteiger partial charge in [0.25, 0.3) is 0 Å². The average molecular weight is 790 g/mol. The maximum Gasteiger partial charge on any atom is 0.160 e. The molecule has 3 heterocycles. The second-order valence-electron chi connectivity index (χ2n) is 15.7. The molecule has 0 aliphatic heterocycles. The van der Waals surface area contributed by atoms with E-state index in [1.165, 1.54) is 37.8 Å². The van der Waals surface area contributed by atoms with E-state index in [0.717, 1.165) is 67.1 Å². The molecule has 0 saturated heterocycles. The van der Waals surface area contributed by atoms with Crippen LogP contribution in [0.1, 0.15) is 5.56 Å². The molecule has 9 aromatic carbocycles. The minimum Gasteiger partial charge on any atom is -0.309 e. The third-order valence-electron chi connectivity index (χ3n) is 12.2. The monoisotopic (exact) mass is 789 g/mol. The van der Waals surface area contributed by atoms with Crippen molar-refractivity contribution in [3.8, 4) is 62.5 Å². The SMILES string of the molecule is N#Cc1ccc(-n2c3ccccc3c3cc(-c4ccc5ccc6c7ccccc7n(-c7ccc(-c8cc(-c9ccccc9)nc(-c9ccccc9)n8)cc7)c6c5c4)ccc32)cc1. The normalized spacial score (nSPS) is 11.5. The largest absolute Gasteiger partial charge is 0.309 e. The van der Waals surface area contributed by atoms with Gasteiger partial charge in [0.2, 0.25) is 0 Å². The van der Waals surface area contributed by atoms with E-state index in [9.17, 15) is 5.26 Å². The van der Waals surface area contributed by atoms with Crippen molar-refractivity contribution in [2.75, 3.05) is 0 Å². The molecule has 0 amide bonds. The molecule has 0 atom stereocenters. The minimum absolute atomic E-state index is 0.649. The van der Waals surface area contributed by atoms with Crippen molar-refractivity contribution in [3.05, 3.63) is 218 Å². The Bertz CT molecular complexity index is 3670. The number of rotatable bonds is 6. The van der Waals surface area contributed by atoms with Crippen LogP contribution in [0.3, 0.4) is 0 Å². The van der Waals surface area contributed by atoms with Crippen molar-refractivity contribution in [1.29, 1.82) is 5.26 Å². The molecular weight excluding hydrogens is 755 g/mol. The lowest BCUT2D eigenvalue weighted by molar-refractivity contribution is 1.17. The molecule has 12 rings (SSSR count). The molecule has 5 nitrogen and oxygen atoms in total. The first-order valence-corrected chi connectivity index (χ1v) is 20.8. The van der Waals surface area contributed by atoms with Crippen LogP contribution in [0.25, 0.3) is 111 Å². The standard InChI is InChI=1S/C57H35N5/c58-36-37-19-27-44(28-20-37)61-53-17-9-8-16-47(53)50-34-43(26-32-55(50)61)42-22-21-38-25-31-48-46-15-7-10-18-54(46)62(56(48)49(38)33-42)45-29-23-40(24-30-45)52-35-51(39-11-3-1-4-12-39)59-57(60-52)41-13-5-2-6-14-41/h1-35H. The van der Waals surface area contributed by atoms with Gasteiger partial charge in [-0.25, -0.2) is 9.97 Å². The van der Waals surface area contributed by atoms with Crippen LogP contribution >= 0.6 is 0 Å². The summed E-state index contributed by atoms with van der Waals surface area (Å²) in [4.78, 5) is 10.1. The summed E-state index contributed by atoms with van der Waals surface area (Å²) < 4.78 is 4.71. The van der Waals surface area contributed by atoms with E-state index in [2.05, 4.69) is 167 Å². The third kappa shape index (κ3) is 5.77. The van der Waals surface area contributed by atoms with E-state index >= 15 is 0 Å². The fourth-order valence-corrected chi connectivity index (χ4v) is 9.19. The molecule has 5 heteroatoms. The number of fused-ring (bicyclic) bond motifs is 8. The van der Waals surface area contributed by atoms with Crippen LogP contribution in [0, 0.1) is 11.3 Å². The fourth-order valence-electron chi connectivity index (χ4n) is 9.19. The number of para-hydroxylation sites is 2. The molecule has 12 aromatic rings. The zero-order valence-electron chi connectivity index (χ0n) is 33.4. The summed E-state index contributed by atoms with van der Waals surface area (Å²) in [5, 5.41) is 16.6. The van der Waals surface area contributed by atoms with Crippen molar-refractivity contribution in [2.24, 2.45) is 0 Å². The van der Waals surface area contributed by atoms with E-state index in [1.807, 2.05) is 60.7 Å². The van der Waals surface area contributed by atoms with Gasteiger partial charge in [-0.15, -0.1) is 0 Å². The lowest BCUT2D eigenvalue weighted by Gasteiger charge is -2.13. The number of benzene rings is 9. The Balaban J connectivity index is 1.00. The Morgan fingerprint density at radius 1 is 0.355 bits per heavy atom. The van der Waals surface area contributed by atoms with Crippen LogP contribution in [0.2, 0.25) is 0 Å². The Morgan fingerprint density at radius 2 is 0.855 bits per heavy atom. The smallest absolute Gasteiger partial charge is 0.160 e. The molecule has 0 fully saturated rings. The van der Waals surface area contributed by atoms with E-state index < -0.39 is 0 Å². The van der Waals surface area contributed by atoms with Gasteiger partial charge < -0.3 is 9.13 Å². The van der Waals surface area contributed by atoms with Crippen molar-refractivity contribution in [2.45, 2.75) is 0 Å². The van der Waals surface area contributed by atoms with Gasteiger partial charge in [-0.2, -0.15) is 5.26 Å². The molecule has 0 spiro atoms. The molecule has 0 aliphatic carbocycles. The van der Waals surface area contributed by atoms with Crippen LogP contribution in [0.15, 0.2) is 212 Å². The highest BCUT2D eigenvalue weighted by Crippen LogP contribution is 2.40. The highest BCUT2D eigenvalue weighted by atomic mass is 15.0. The maximum absolute atomic E-state index is 9.44. The van der Waals surface area contributed by atoms with Crippen molar-refractivity contribution >= 4 is 54.4 Å². The number of nitrogens with zero attached hydrogens (tertiary/aromatic N) is 5. The highest BCUT2D eigenvalue weighted by Gasteiger charge is 2.18. The Kier molecular flexibility index (Phi) is 8.16. The molecule has 0 unspecified atom stereocenters. The Hall–Kier alpha value is -8.59. The average Bonchev–Trinajstić information content (AvgIpc) is 3.87. The fraction of sp³-hybridized carbons (Fsp3) is 0. The molecule has 288 valence electrons. The first-order chi connectivity index (χ1) is 30.7. The van der Waals surface area contributed by atoms with E-state index in [0.29, 0.717) is 11.4 Å². The Morgan fingerprint density at radius 3 is 1.55 bits per heavy atom. The van der Waals surface area contributed by atoms with Crippen LogP contribution in [-0.2, 0) is 0 Å². The van der Waals surface area contributed by atoms with Gasteiger partial charge in [0.15, 0.2) is 5.82 Å². The van der Waals surface area contributed by atoms with Crippen LogP contribution in [0.4, 0.5) is 0 Å². The first-order valence-electron chi connectivity index (χ1n) is 20.8. The quantitative estimate of drug-likeness (QED) is 0.169. The van der Waals surface area contributed by atoms with Crippen LogP contribution in [0.5, 0.6) is 0 Å². The highest BCUT2D eigenvalue weighted by molar-refractivity contribution is 6.19. The molecule has 0 N–H and O–H groups in total. The van der Waals surface area contributed by atoms with Crippen LogP contribution < -0.4 is 0 Å². The zero-order chi connectivity index (χ0) is 41.1. The summed E-state index contributed by atoms with van der Waals surface area (Å²) in [6.45, 7) is 0. The lowest BCUT2D eigenvalue weighted by atomic mass is 9.98. The second kappa shape index (κ2) is 14.3. The van der Waals surface area contributed by atoms with Gasteiger partial charge in [-0.05, 0) is 89.3 Å². The molecule has 0 bridgehead atoms. The summed E-state index contributed by atoms with van der Waals surface area (Å²) in [5.74, 6) is 0.701. The predicted octanol–water partition coefficient (Wildman–Crippen LogP) is 14.4. The van der Waals surface area contributed by atoms with Gasteiger partial charge >= 0.3 is 0 Å². The Labute approximate surface area is 357 Å². The summed E-state index contributed by atoms with van der Waals surface area (Å²) in [6, 6.07) is 76.9. The van der Waals surface area contributed by atoms with Gasteiger partial charge in [-0.1, -0.05) is 140 Å². The molecule has 0 saturated carbocycles. The molecule has 3 aromatic heterocycles. The number of hydrogen-bond acceptors (Lipinski definition) is 3. The number of nitriles is 1. The second-order valence-corrected chi connectivity index (χ2v) is 15.7. The molecule has 0 radical (unpaired) electrons. The summed E-state index contributed by atoms with van der Waals surface area (Å²) in [5.41, 5.74) is 14.5. The van der Waals surface area contributed by atoms with E-state index in [1.54, 1.807) is 0 Å².